The third kappa shape index (κ3) is 8.03. The number of benzene rings is 2. The second kappa shape index (κ2) is 13.0. The molecule has 9 heteroatoms. The maximum atomic E-state index is 13.1. The lowest BCUT2D eigenvalue weighted by Crippen LogP contribution is -2.50. The smallest absolute Gasteiger partial charge is 0.242 e. The SMILES string of the molecule is CC[C@@H](C)NC(=O)[C@@H](C)N(Cc1ccc(Cl)cc1Cl)C(=O)CSCc1ccc(Cl)c(Cl)c1. The van der Waals surface area contributed by atoms with Crippen molar-refractivity contribution in [2.45, 2.75) is 51.6 Å². The molecule has 0 saturated heterocycles. The molecule has 0 fully saturated rings. The molecule has 2 aromatic carbocycles. The average Bonchev–Trinajstić information content (AvgIpc) is 2.75. The van der Waals surface area contributed by atoms with E-state index in [0.717, 1.165) is 17.5 Å². The third-order valence-corrected chi connectivity index (χ3v) is 7.32. The molecule has 0 bridgehead atoms. The van der Waals surface area contributed by atoms with Gasteiger partial charge >= 0.3 is 0 Å². The summed E-state index contributed by atoms with van der Waals surface area (Å²) in [6.07, 6.45) is 0.801. The average molecular weight is 536 g/mol. The summed E-state index contributed by atoms with van der Waals surface area (Å²) in [6.45, 7) is 5.85. The molecular weight excluding hydrogens is 510 g/mol. The van der Waals surface area contributed by atoms with Crippen molar-refractivity contribution in [3.63, 3.8) is 0 Å². The lowest BCUT2D eigenvalue weighted by molar-refractivity contribution is -0.138. The molecule has 0 unspecified atom stereocenters. The first-order chi connectivity index (χ1) is 15.1. The van der Waals surface area contributed by atoms with Gasteiger partial charge in [0.2, 0.25) is 11.8 Å². The van der Waals surface area contributed by atoms with Crippen LogP contribution in [-0.4, -0.2) is 34.6 Å². The van der Waals surface area contributed by atoms with Gasteiger partial charge in [0.1, 0.15) is 6.04 Å². The number of nitrogens with zero attached hydrogens (tertiary/aromatic N) is 1. The van der Waals surface area contributed by atoms with Gasteiger partial charge in [-0.15, -0.1) is 11.8 Å². The lowest BCUT2D eigenvalue weighted by Gasteiger charge is -2.30. The third-order valence-electron chi connectivity index (χ3n) is 5.00. The van der Waals surface area contributed by atoms with E-state index in [4.69, 9.17) is 46.4 Å². The highest BCUT2D eigenvalue weighted by atomic mass is 35.5. The number of rotatable bonds is 10. The maximum absolute atomic E-state index is 13.1. The Morgan fingerprint density at radius 2 is 1.72 bits per heavy atom. The van der Waals surface area contributed by atoms with E-state index in [2.05, 4.69) is 5.32 Å². The molecule has 4 nitrogen and oxygen atoms in total. The molecule has 0 aromatic heterocycles. The predicted molar refractivity (Wildman–Crippen MR) is 137 cm³/mol. The van der Waals surface area contributed by atoms with Gasteiger partial charge < -0.3 is 10.2 Å². The van der Waals surface area contributed by atoms with E-state index in [-0.39, 0.29) is 30.2 Å². The Labute approximate surface area is 213 Å². The number of carbonyl (C=O) groups is 2. The minimum atomic E-state index is -0.658. The van der Waals surface area contributed by atoms with Crippen LogP contribution in [0.1, 0.15) is 38.3 Å². The highest BCUT2D eigenvalue weighted by Gasteiger charge is 2.27. The van der Waals surface area contributed by atoms with E-state index in [1.807, 2.05) is 19.9 Å². The first-order valence-corrected chi connectivity index (χ1v) is 12.8. The fraction of sp³-hybridized carbons (Fsp3) is 0.391. The van der Waals surface area contributed by atoms with Crippen molar-refractivity contribution in [1.29, 1.82) is 0 Å². The Hall–Kier alpha value is -1.11. The second-order valence-corrected chi connectivity index (χ2v) is 10.1. The number of hydrogen-bond acceptors (Lipinski definition) is 3. The van der Waals surface area contributed by atoms with Crippen molar-refractivity contribution >= 4 is 70.0 Å². The minimum absolute atomic E-state index is 0.0186. The van der Waals surface area contributed by atoms with Gasteiger partial charge in [0.25, 0.3) is 0 Å². The Balaban J connectivity index is 2.13. The largest absolute Gasteiger partial charge is 0.352 e. The van der Waals surface area contributed by atoms with Crippen molar-refractivity contribution in [3.8, 4) is 0 Å². The fourth-order valence-electron chi connectivity index (χ4n) is 2.85. The number of hydrogen-bond donors (Lipinski definition) is 1. The van der Waals surface area contributed by atoms with Gasteiger partial charge in [-0.1, -0.05) is 65.5 Å². The topological polar surface area (TPSA) is 49.4 Å². The summed E-state index contributed by atoms with van der Waals surface area (Å²) in [5.74, 6) is 0.429. The zero-order chi connectivity index (χ0) is 23.8. The maximum Gasteiger partial charge on any atom is 0.242 e. The molecule has 0 aliphatic heterocycles. The minimum Gasteiger partial charge on any atom is -0.352 e. The first kappa shape index (κ1) is 27.1. The van der Waals surface area contributed by atoms with Crippen molar-refractivity contribution in [1.82, 2.24) is 10.2 Å². The van der Waals surface area contributed by atoms with Gasteiger partial charge in [-0.3, -0.25) is 9.59 Å². The van der Waals surface area contributed by atoms with Gasteiger partial charge in [-0.05, 0) is 55.7 Å². The van der Waals surface area contributed by atoms with Crippen LogP contribution in [0, 0.1) is 0 Å². The Bertz CT molecular complexity index is 958. The summed E-state index contributed by atoms with van der Waals surface area (Å²) in [5.41, 5.74) is 1.69. The van der Waals surface area contributed by atoms with Gasteiger partial charge in [0, 0.05) is 28.4 Å². The molecule has 2 amide bonds. The normalized spacial score (nSPS) is 12.8. The molecular formula is C23H26Cl4N2O2S. The van der Waals surface area contributed by atoms with Crippen LogP contribution in [0.2, 0.25) is 20.1 Å². The lowest BCUT2D eigenvalue weighted by atomic mass is 10.1. The Morgan fingerprint density at radius 1 is 1.00 bits per heavy atom. The summed E-state index contributed by atoms with van der Waals surface area (Å²) < 4.78 is 0. The monoisotopic (exact) mass is 534 g/mol. The molecule has 0 saturated carbocycles. The molecule has 32 heavy (non-hydrogen) atoms. The summed E-state index contributed by atoms with van der Waals surface area (Å²) in [7, 11) is 0. The number of nitrogens with one attached hydrogen (secondary N) is 1. The van der Waals surface area contributed by atoms with Crippen LogP contribution < -0.4 is 5.32 Å². The summed E-state index contributed by atoms with van der Waals surface area (Å²) >= 11 is 25.8. The first-order valence-electron chi connectivity index (χ1n) is 10.2. The number of halogens is 4. The molecule has 0 heterocycles. The van der Waals surface area contributed by atoms with Crippen LogP contribution in [0.15, 0.2) is 36.4 Å². The molecule has 2 rings (SSSR count). The van der Waals surface area contributed by atoms with Crippen molar-refractivity contribution < 1.29 is 9.59 Å². The van der Waals surface area contributed by atoms with Crippen molar-refractivity contribution in [2.75, 3.05) is 5.75 Å². The molecule has 0 radical (unpaired) electrons. The van der Waals surface area contributed by atoms with E-state index in [0.29, 0.717) is 25.8 Å². The molecule has 174 valence electrons. The number of carbonyl (C=O) groups excluding carboxylic acids is 2. The molecule has 0 aliphatic carbocycles. The Morgan fingerprint density at radius 3 is 2.34 bits per heavy atom. The van der Waals surface area contributed by atoms with E-state index in [1.54, 1.807) is 42.2 Å². The zero-order valence-corrected chi connectivity index (χ0v) is 22.0. The second-order valence-electron chi connectivity index (χ2n) is 7.49. The quantitative estimate of drug-likeness (QED) is 0.361. The number of thioether (sulfide) groups is 1. The molecule has 1 N–H and O–H groups in total. The Kier molecular flexibility index (Phi) is 11.0. The van der Waals surface area contributed by atoms with Crippen LogP contribution in [0.25, 0.3) is 0 Å². The predicted octanol–water partition coefficient (Wildman–Crippen LogP) is 6.87. The van der Waals surface area contributed by atoms with Crippen molar-refractivity contribution in [3.05, 3.63) is 67.6 Å². The zero-order valence-electron chi connectivity index (χ0n) is 18.1. The van der Waals surface area contributed by atoms with Crippen LogP contribution >= 0.6 is 58.2 Å². The van der Waals surface area contributed by atoms with Crippen LogP contribution in [-0.2, 0) is 21.9 Å². The number of amides is 2. The summed E-state index contributed by atoms with van der Waals surface area (Å²) in [5, 5.41) is 4.88. The highest BCUT2D eigenvalue weighted by Crippen LogP contribution is 2.26. The standard InChI is InChI=1S/C23H26Cl4N2O2S/c1-4-14(2)28-23(31)15(3)29(11-17-6-7-18(24)10-20(17)26)22(30)13-32-12-16-5-8-19(25)21(27)9-16/h5-10,14-15H,4,11-13H2,1-3H3,(H,28,31)/t14-,15-/m1/s1. The summed E-state index contributed by atoms with van der Waals surface area (Å²) in [6, 6.07) is 9.87. The van der Waals surface area contributed by atoms with E-state index >= 15 is 0 Å². The molecule has 2 aromatic rings. The van der Waals surface area contributed by atoms with Crippen LogP contribution in [0.5, 0.6) is 0 Å². The fourth-order valence-corrected chi connectivity index (χ4v) is 4.50. The highest BCUT2D eigenvalue weighted by molar-refractivity contribution is 7.99. The molecule has 0 spiro atoms. The van der Waals surface area contributed by atoms with Crippen LogP contribution in [0.3, 0.4) is 0 Å². The van der Waals surface area contributed by atoms with Gasteiger partial charge in [-0.2, -0.15) is 0 Å². The van der Waals surface area contributed by atoms with Gasteiger partial charge in [-0.25, -0.2) is 0 Å². The van der Waals surface area contributed by atoms with Gasteiger partial charge in [0.05, 0.1) is 15.8 Å². The van der Waals surface area contributed by atoms with E-state index < -0.39 is 6.04 Å². The van der Waals surface area contributed by atoms with Crippen LogP contribution in [0.4, 0.5) is 0 Å². The van der Waals surface area contributed by atoms with E-state index in [1.165, 1.54) is 11.8 Å². The van der Waals surface area contributed by atoms with Crippen molar-refractivity contribution in [2.24, 2.45) is 0 Å². The molecule has 0 aliphatic rings. The summed E-state index contributed by atoms with van der Waals surface area (Å²) in [4.78, 5) is 27.5. The molecule has 2 atom stereocenters. The van der Waals surface area contributed by atoms with Gasteiger partial charge in [0.15, 0.2) is 0 Å². The van der Waals surface area contributed by atoms with E-state index in [9.17, 15) is 9.59 Å².